The molecule has 4 nitrogen and oxygen atoms in total. The number of anilines is 1. The van der Waals surface area contributed by atoms with E-state index in [4.69, 9.17) is 4.74 Å². The van der Waals surface area contributed by atoms with Gasteiger partial charge >= 0.3 is 0 Å². The summed E-state index contributed by atoms with van der Waals surface area (Å²) in [5.74, 6) is 0.702. The van der Waals surface area contributed by atoms with Crippen molar-refractivity contribution < 1.29 is 13.9 Å². The Balaban J connectivity index is 1.71. The average Bonchev–Trinajstić information content (AvgIpc) is 2.88. The molecule has 2 heterocycles. The van der Waals surface area contributed by atoms with Crippen LogP contribution in [-0.2, 0) is 4.74 Å². The number of hydrogen-bond donors (Lipinski definition) is 0. The first-order valence-corrected chi connectivity index (χ1v) is 10.3. The van der Waals surface area contributed by atoms with E-state index in [2.05, 4.69) is 6.92 Å². The molecule has 1 unspecified atom stereocenters. The van der Waals surface area contributed by atoms with E-state index in [1.165, 1.54) is 6.07 Å². The van der Waals surface area contributed by atoms with Crippen molar-refractivity contribution in [2.45, 2.75) is 31.4 Å². The molecule has 1 aromatic rings. The minimum absolute atomic E-state index is 0.0453. The van der Waals surface area contributed by atoms with E-state index in [0.29, 0.717) is 42.8 Å². The fourth-order valence-electron chi connectivity index (χ4n) is 3.54. The molecule has 0 radical (unpaired) electrons. The van der Waals surface area contributed by atoms with Gasteiger partial charge in [0, 0.05) is 37.0 Å². The van der Waals surface area contributed by atoms with Gasteiger partial charge in [0.2, 0.25) is 0 Å². The van der Waals surface area contributed by atoms with Crippen LogP contribution in [0.5, 0.6) is 0 Å². The van der Waals surface area contributed by atoms with Crippen LogP contribution in [0.2, 0.25) is 0 Å². The monoisotopic (exact) mass is 366 g/mol. The maximum Gasteiger partial charge on any atom is 0.253 e. The number of nitrogens with zero attached hydrogens (tertiary/aromatic N) is 2. The summed E-state index contributed by atoms with van der Waals surface area (Å²) in [5, 5.41) is 0.494. The van der Waals surface area contributed by atoms with Gasteiger partial charge in [-0.1, -0.05) is 13.3 Å². The number of likely N-dealkylation sites (tertiary alicyclic amines) is 1. The fraction of sp³-hybridized carbons (Fsp3) is 0.632. The zero-order valence-electron chi connectivity index (χ0n) is 14.9. The quantitative estimate of drug-likeness (QED) is 0.818. The largest absolute Gasteiger partial charge is 0.378 e. The topological polar surface area (TPSA) is 32.8 Å². The van der Waals surface area contributed by atoms with Crippen LogP contribution in [0, 0.1) is 5.82 Å². The van der Waals surface area contributed by atoms with E-state index in [0.717, 1.165) is 38.1 Å². The zero-order valence-corrected chi connectivity index (χ0v) is 15.7. The van der Waals surface area contributed by atoms with E-state index in [1.54, 1.807) is 12.1 Å². The Morgan fingerprint density at radius 3 is 2.80 bits per heavy atom. The van der Waals surface area contributed by atoms with Crippen molar-refractivity contribution in [1.82, 2.24) is 4.90 Å². The zero-order chi connectivity index (χ0) is 17.6. The molecule has 0 bridgehead atoms. The number of ether oxygens (including phenoxy) is 1. The van der Waals surface area contributed by atoms with Crippen LogP contribution in [0.3, 0.4) is 0 Å². The maximum atomic E-state index is 14.6. The normalized spacial score (nSPS) is 21.9. The third-order valence-corrected chi connectivity index (χ3v) is 6.05. The molecular weight excluding hydrogens is 339 g/mol. The summed E-state index contributed by atoms with van der Waals surface area (Å²) in [4.78, 5) is 16.7. The molecule has 25 heavy (non-hydrogen) atoms. The second-order valence-electron chi connectivity index (χ2n) is 6.59. The molecule has 0 aromatic heterocycles. The van der Waals surface area contributed by atoms with Gasteiger partial charge < -0.3 is 14.5 Å². The molecule has 1 amide bonds. The number of rotatable bonds is 4. The molecule has 2 saturated heterocycles. The smallest absolute Gasteiger partial charge is 0.253 e. The molecule has 1 atom stereocenters. The van der Waals surface area contributed by atoms with Gasteiger partial charge in [-0.25, -0.2) is 4.39 Å². The maximum absolute atomic E-state index is 14.6. The summed E-state index contributed by atoms with van der Waals surface area (Å²) in [7, 11) is 0. The predicted octanol–water partition coefficient (Wildman–Crippen LogP) is 3.41. The molecule has 0 saturated carbocycles. The van der Waals surface area contributed by atoms with Crippen molar-refractivity contribution in [2.75, 3.05) is 50.0 Å². The Hall–Kier alpha value is -1.27. The Bertz CT molecular complexity index is 593. The minimum atomic E-state index is -0.318. The standard InChI is InChI=1S/C19H27FN2O2S/c1-2-25-16-5-3-4-8-22(14-16)19(23)15-6-7-18(17(20)13-15)21-9-11-24-12-10-21/h6-7,13,16H,2-5,8-12,14H2,1H3. The molecule has 1 aromatic carbocycles. The van der Waals surface area contributed by atoms with Gasteiger partial charge in [-0.3, -0.25) is 4.79 Å². The molecule has 0 N–H and O–H groups in total. The van der Waals surface area contributed by atoms with Crippen LogP contribution in [0.25, 0.3) is 0 Å². The molecule has 0 aliphatic carbocycles. The lowest BCUT2D eigenvalue weighted by Gasteiger charge is -2.29. The summed E-state index contributed by atoms with van der Waals surface area (Å²) in [6.07, 6.45) is 3.35. The third kappa shape index (κ3) is 4.67. The number of thioether (sulfide) groups is 1. The first-order chi connectivity index (χ1) is 12.2. The van der Waals surface area contributed by atoms with E-state index in [-0.39, 0.29) is 11.7 Å². The van der Waals surface area contributed by atoms with E-state index in [9.17, 15) is 9.18 Å². The van der Waals surface area contributed by atoms with Crippen LogP contribution in [0.15, 0.2) is 18.2 Å². The lowest BCUT2D eigenvalue weighted by Crippen LogP contribution is -2.37. The molecular formula is C19H27FN2O2S. The van der Waals surface area contributed by atoms with Gasteiger partial charge in [0.1, 0.15) is 5.82 Å². The second kappa shape index (κ2) is 8.90. The molecule has 138 valence electrons. The highest BCUT2D eigenvalue weighted by molar-refractivity contribution is 7.99. The molecule has 2 aliphatic heterocycles. The van der Waals surface area contributed by atoms with Crippen LogP contribution >= 0.6 is 11.8 Å². The van der Waals surface area contributed by atoms with Gasteiger partial charge in [-0.2, -0.15) is 11.8 Å². The van der Waals surface area contributed by atoms with E-state index >= 15 is 0 Å². The lowest BCUT2D eigenvalue weighted by molar-refractivity contribution is 0.0763. The third-order valence-electron chi connectivity index (χ3n) is 4.86. The number of carbonyl (C=O) groups excluding carboxylic acids is 1. The van der Waals surface area contributed by atoms with Crippen molar-refractivity contribution in [3.8, 4) is 0 Å². The van der Waals surface area contributed by atoms with Gasteiger partial charge in [-0.15, -0.1) is 0 Å². The van der Waals surface area contributed by atoms with Crippen LogP contribution in [0.1, 0.15) is 36.5 Å². The number of benzene rings is 1. The minimum Gasteiger partial charge on any atom is -0.378 e. The number of carbonyl (C=O) groups is 1. The van der Waals surface area contributed by atoms with Crippen LogP contribution in [0.4, 0.5) is 10.1 Å². The van der Waals surface area contributed by atoms with Gasteiger partial charge in [-0.05, 0) is 36.8 Å². The molecule has 2 aliphatic rings. The highest BCUT2D eigenvalue weighted by Crippen LogP contribution is 2.25. The Morgan fingerprint density at radius 1 is 1.28 bits per heavy atom. The summed E-state index contributed by atoms with van der Waals surface area (Å²) in [6.45, 7) is 6.30. The van der Waals surface area contributed by atoms with Crippen LogP contribution < -0.4 is 4.90 Å². The number of amides is 1. The summed E-state index contributed by atoms with van der Waals surface area (Å²) in [6, 6.07) is 4.91. The Labute approximate surface area is 153 Å². The highest BCUT2D eigenvalue weighted by atomic mass is 32.2. The fourth-order valence-corrected chi connectivity index (χ4v) is 4.63. The van der Waals surface area contributed by atoms with E-state index in [1.807, 2.05) is 21.6 Å². The SMILES string of the molecule is CCSC1CCCCN(C(=O)c2ccc(N3CCOCC3)c(F)c2)C1. The highest BCUT2D eigenvalue weighted by Gasteiger charge is 2.24. The van der Waals surface area contributed by atoms with Crippen LogP contribution in [-0.4, -0.2) is 61.2 Å². The van der Waals surface area contributed by atoms with Gasteiger partial charge in [0.15, 0.2) is 0 Å². The Morgan fingerprint density at radius 2 is 2.08 bits per heavy atom. The number of morpholine rings is 1. The first kappa shape index (κ1) is 18.5. The summed E-state index contributed by atoms with van der Waals surface area (Å²) < 4.78 is 19.9. The molecule has 6 heteroatoms. The van der Waals surface area contributed by atoms with Gasteiger partial charge in [0.05, 0.1) is 18.9 Å². The number of hydrogen-bond acceptors (Lipinski definition) is 4. The number of halogens is 1. The second-order valence-corrected chi connectivity index (χ2v) is 8.17. The summed E-state index contributed by atoms with van der Waals surface area (Å²) in [5.41, 5.74) is 1.02. The average molecular weight is 367 g/mol. The van der Waals surface area contributed by atoms with Crippen molar-refractivity contribution in [2.24, 2.45) is 0 Å². The molecule has 0 spiro atoms. The van der Waals surface area contributed by atoms with Crippen molar-refractivity contribution in [3.63, 3.8) is 0 Å². The lowest BCUT2D eigenvalue weighted by atomic mass is 10.1. The predicted molar refractivity (Wildman–Crippen MR) is 101 cm³/mol. The Kier molecular flexibility index (Phi) is 6.59. The first-order valence-electron chi connectivity index (χ1n) is 9.22. The summed E-state index contributed by atoms with van der Waals surface area (Å²) >= 11 is 1.92. The van der Waals surface area contributed by atoms with Gasteiger partial charge in [0.25, 0.3) is 5.91 Å². The molecule has 3 rings (SSSR count). The van der Waals surface area contributed by atoms with Crippen molar-refractivity contribution in [3.05, 3.63) is 29.6 Å². The van der Waals surface area contributed by atoms with Crippen molar-refractivity contribution >= 4 is 23.4 Å². The van der Waals surface area contributed by atoms with E-state index < -0.39 is 0 Å². The molecule has 2 fully saturated rings. The van der Waals surface area contributed by atoms with Crippen molar-refractivity contribution in [1.29, 1.82) is 0 Å².